The van der Waals surface area contributed by atoms with Gasteiger partial charge in [-0.1, -0.05) is 0 Å². The summed E-state index contributed by atoms with van der Waals surface area (Å²) in [4.78, 5) is 43.3. The summed E-state index contributed by atoms with van der Waals surface area (Å²) in [5.74, 6) is -0.0495. The van der Waals surface area contributed by atoms with Crippen molar-refractivity contribution >= 4 is 17.1 Å². The lowest BCUT2D eigenvalue weighted by Gasteiger charge is -2.35. The maximum atomic E-state index is 12.8. The van der Waals surface area contributed by atoms with Crippen LogP contribution in [0.3, 0.4) is 0 Å². The van der Waals surface area contributed by atoms with E-state index < -0.39 is 11.2 Å². The number of aryl methyl sites for hydroxylation is 1. The quantitative estimate of drug-likeness (QED) is 0.771. The second kappa shape index (κ2) is 6.08. The Labute approximate surface area is 150 Å². The summed E-state index contributed by atoms with van der Waals surface area (Å²) in [5.41, 5.74) is -0.285. The van der Waals surface area contributed by atoms with Gasteiger partial charge >= 0.3 is 5.69 Å². The first-order chi connectivity index (χ1) is 12.4. The first kappa shape index (κ1) is 17.0. The number of hydrogen-bond acceptors (Lipinski definition) is 5. The summed E-state index contributed by atoms with van der Waals surface area (Å²) >= 11 is 0. The van der Waals surface area contributed by atoms with Crippen molar-refractivity contribution < 1.29 is 4.79 Å². The van der Waals surface area contributed by atoms with Gasteiger partial charge in [0.25, 0.3) is 5.56 Å². The third-order valence-corrected chi connectivity index (χ3v) is 5.91. The van der Waals surface area contributed by atoms with Crippen molar-refractivity contribution in [1.29, 1.82) is 0 Å². The number of carbonyl (C=O) groups is 1. The molecule has 2 fully saturated rings. The van der Waals surface area contributed by atoms with Crippen LogP contribution in [0, 0.1) is 0 Å². The molecule has 2 bridgehead atoms. The summed E-state index contributed by atoms with van der Waals surface area (Å²) in [6.07, 6.45) is 5.77. The smallest absolute Gasteiger partial charge is 0.332 e. The fraction of sp³-hybridized carbons (Fsp3) is 0.647. The molecular weight excluding hydrogens is 336 g/mol. The molecule has 2 aliphatic rings. The number of imidazole rings is 1. The normalized spacial score (nSPS) is 25.0. The minimum Gasteiger partial charge on any atom is -0.341 e. The number of aromatic nitrogens is 4. The topological polar surface area (TPSA) is 94.2 Å². The fourth-order valence-corrected chi connectivity index (χ4v) is 4.32. The summed E-state index contributed by atoms with van der Waals surface area (Å²) < 4.78 is 3.91. The molecule has 140 valence electrons. The molecule has 2 atom stereocenters. The van der Waals surface area contributed by atoms with Crippen LogP contribution in [-0.4, -0.2) is 54.7 Å². The minimum absolute atomic E-state index is 0.0414. The molecule has 0 aromatic carbocycles. The molecule has 0 aliphatic carbocycles. The van der Waals surface area contributed by atoms with Crippen molar-refractivity contribution in [2.75, 3.05) is 7.05 Å². The minimum atomic E-state index is -0.434. The van der Waals surface area contributed by atoms with E-state index in [1.54, 1.807) is 11.6 Å². The molecule has 26 heavy (non-hydrogen) atoms. The molecule has 4 heterocycles. The van der Waals surface area contributed by atoms with Gasteiger partial charge in [0.1, 0.15) is 6.54 Å². The van der Waals surface area contributed by atoms with E-state index in [0.29, 0.717) is 17.7 Å². The van der Waals surface area contributed by atoms with Gasteiger partial charge in [-0.2, -0.15) is 0 Å². The van der Waals surface area contributed by atoms with Crippen LogP contribution >= 0.6 is 0 Å². The van der Waals surface area contributed by atoms with E-state index >= 15 is 0 Å². The van der Waals surface area contributed by atoms with Gasteiger partial charge in [0.05, 0.1) is 6.33 Å². The maximum absolute atomic E-state index is 12.8. The Morgan fingerprint density at radius 3 is 2.54 bits per heavy atom. The van der Waals surface area contributed by atoms with E-state index in [4.69, 9.17) is 0 Å². The molecule has 2 aromatic rings. The zero-order valence-electron chi connectivity index (χ0n) is 15.3. The molecule has 4 rings (SSSR count). The van der Waals surface area contributed by atoms with Crippen molar-refractivity contribution in [3.05, 3.63) is 27.2 Å². The van der Waals surface area contributed by atoms with Gasteiger partial charge in [-0.3, -0.25) is 18.7 Å². The highest BCUT2D eigenvalue weighted by molar-refractivity contribution is 5.79. The van der Waals surface area contributed by atoms with Crippen LogP contribution < -0.4 is 16.6 Å². The number of nitrogens with one attached hydrogen (secondary N) is 1. The SMILES string of the molecule is CN(C(=O)Cn1cnc2c1c(=O)n(C)c(=O)n2C)C1CC2CCC(C1)N2. The van der Waals surface area contributed by atoms with Gasteiger partial charge in [0, 0.05) is 39.3 Å². The van der Waals surface area contributed by atoms with Gasteiger partial charge < -0.3 is 14.8 Å². The summed E-state index contributed by atoms with van der Waals surface area (Å²) in [6, 6.07) is 1.23. The largest absolute Gasteiger partial charge is 0.341 e. The number of nitrogens with zero attached hydrogens (tertiary/aromatic N) is 5. The van der Waals surface area contributed by atoms with E-state index in [-0.39, 0.29) is 24.0 Å². The molecule has 1 amide bonds. The van der Waals surface area contributed by atoms with E-state index in [0.717, 1.165) is 17.4 Å². The molecule has 1 N–H and O–H groups in total. The van der Waals surface area contributed by atoms with Crippen molar-refractivity contribution in [1.82, 2.24) is 28.9 Å². The van der Waals surface area contributed by atoms with E-state index in [1.807, 2.05) is 11.9 Å². The number of carbonyl (C=O) groups excluding carboxylic acids is 1. The van der Waals surface area contributed by atoms with Crippen LogP contribution in [0.15, 0.2) is 15.9 Å². The van der Waals surface area contributed by atoms with Gasteiger partial charge in [-0.15, -0.1) is 0 Å². The third-order valence-electron chi connectivity index (χ3n) is 5.91. The average Bonchev–Trinajstić information content (AvgIpc) is 3.20. The van der Waals surface area contributed by atoms with Gasteiger partial charge in [0.2, 0.25) is 5.91 Å². The highest BCUT2D eigenvalue weighted by atomic mass is 16.2. The number of likely N-dealkylation sites (N-methyl/N-ethyl adjacent to an activating group) is 1. The lowest BCUT2D eigenvalue weighted by molar-refractivity contribution is -0.133. The first-order valence-electron chi connectivity index (χ1n) is 8.99. The van der Waals surface area contributed by atoms with Crippen molar-refractivity contribution in [2.45, 2.75) is 50.4 Å². The van der Waals surface area contributed by atoms with Gasteiger partial charge in [-0.05, 0) is 25.7 Å². The Hall–Kier alpha value is -2.42. The predicted octanol–water partition coefficient (Wildman–Crippen LogP) is -0.825. The summed E-state index contributed by atoms with van der Waals surface area (Å²) in [6.45, 7) is 0.0414. The molecule has 0 spiro atoms. The molecule has 2 saturated heterocycles. The Morgan fingerprint density at radius 2 is 1.88 bits per heavy atom. The molecule has 2 aliphatic heterocycles. The zero-order chi connectivity index (χ0) is 18.6. The number of hydrogen-bond donors (Lipinski definition) is 1. The van der Waals surface area contributed by atoms with Gasteiger partial charge in [0.15, 0.2) is 11.2 Å². The molecular formula is C17H24N6O3. The highest BCUT2D eigenvalue weighted by Gasteiger charge is 2.36. The molecule has 0 saturated carbocycles. The Morgan fingerprint density at radius 1 is 1.23 bits per heavy atom. The third kappa shape index (κ3) is 2.57. The van der Waals surface area contributed by atoms with Crippen LogP contribution in [0.5, 0.6) is 0 Å². The number of rotatable bonds is 3. The predicted molar refractivity (Wildman–Crippen MR) is 96.0 cm³/mol. The second-order valence-corrected chi connectivity index (χ2v) is 7.52. The van der Waals surface area contributed by atoms with Crippen LogP contribution in [0.2, 0.25) is 0 Å². The number of amides is 1. The van der Waals surface area contributed by atoms with E-state index in [9.17, 15) is 14.4 Å². The molecule has 9 nitrogen and oxygen atoms in total. The first-order valence-corrected chi connectivity index (χ1v) is 8.99. The Kier molecular flexibility index (Phi) is 3.98. The summed E-state index contributed by atoms with van der Waals surface area (Å²) in [7, 11) is 4.84. The monoisotopic (exact) mass is 360 g/mol. The van der Waals surface area contributed by atoms with Crippen LogP contribution in [0.1, 0.15) is 25.7 Å². The molecule has 9 heteroatoms. The van der Waals surface area contributed by atoms with Gasteiger partial charge in [-0.25, -0.2) is 9.78 Å². The molecule has 0 radical (unpaired) electrons. The van der Waals surface area contributed by atoms with Crippen molar-refractivity contribution in [3.8, 4) is 0 Å². The Bertz CT molecular complexity index is 975. The summed E-state index contributed by atoms with van der Waals surface area (Å²) in [5, 5.41) is 3.58. The maximum Gasteiger partial charge on any atom is 0.332 e. The molecule has 2 aromatic heterocycles. The van der Waals surface area contributed by atoms with Crippen LogP contribution in [0.25, 0.3) is 11.2 Å². The Balaban J connectivity index is 1.60. The van der Waals surface area contributed by atoms with Crippen molar-refractivity contribution in [2.24, 2.45) is 14.1 Å². The highest BCUT2D eigenvalue weighted by Crippen LogP contribution is 2.29. The second-order valence-electron chi connectivity index (χ2n) is 7.52. The average molecular weight is 360 g/mol. The fourth-order valence-electron chi connectivity index (χ4n) is 4.32. The van der Waals surface area contributed by atoms with Crippen LogP contribution in [-0.2, 0) is 25.4 Å². The van der Waals surface area contributed by atoms with E-state index in [1.165, 1.54) is 30.8 Å². The van der Waals surface area contributed by atoms with E-state index in [2.05, 4.69) is 10.3 Å². The van der Waals surface area contributed by atoms with Crippen molar-refractivity contribution in [3.63, 3.8) is 0 Å². The number of fused-ring (bicyclic) bond motifs is 3. The standard InChI is InChI=1S/C17H24N6O3/c1-20(12-6-10-4-5-11(7-12)19-10)13(24)8-23-9-18-15-14(23)16(25)22(3)17(26)21(15)2/h9-12,19H,4-8H2,1-3H3. The zero-order valence-corrected chi connectivity index (χ0v) is 15.3. The lowest BCUT2D eigenvalue weighted by Crippen LogP contribution is -2.49. The lowest BCUT2D eigenvalue weighted by atomic mass is 9.98. The van der Waals surface area contributed by atoms with Crippen LogP contribution in [0.4, 0.5) is 0 Å². The molecule has 2 unspecified atom stereocenters. The number of piperidine rings is 1.